The molecule has 1 saturated carbocycles. The van der Waals surface area contributed by atoms with Crippen LogP contribution in [0.15, 0.2) is 67.3 Å². The molecule has 0 unspecified atom stereocenters. The van der Waals surface area contributed by atoms with Gasteiger partial charge in [0.2, 0.25) is 0 Å². The molecule has 4 heterocycles. The number of fused-ring (bicyclic) bond motifs is 2. The summed E-state index contributed by atoms with van der Waals surface area (Å²) >= 11 is 6.03. The molecule has 1 aliphatic rings. The van der Waals surface area contributed by atoms with Crippen molar-refractivity contribution in [1.29, 1.82) is 0 Å². The van der Waals surface area contributed by atoms with E-state index in [1.54, 1.807) is 39.9 Å². The molecule has 1 amide bonds. The number of anilines is 1. The zero-order valence-corrected chi connectivity index (χ0v) is 23.8. The third-order valence-electron chi connectivity index (χ3n) is 6.15. The number of hydrogen-bond acceptors (Lipinski definition) is 7. The molecule has 1 aromatic carbocycles. The van der Waals surface area contributed by atoms with Crippen LogP contribution in [-0.4, -0.2) is 41.1 Å². The Labute approximate surface area is 246 Å². The van der Waals surface area contributed by atoms with Crippen LogP contribution < -0.4 is 45.3 Å². The van der Waals surface area contributed by atoms with Crippen molar-refractivity contribution in [3.63, 3.8) is 0 Å². The molecule has 0 spiro atoms. The zero-order chi connectivity index (χ0) is 25.6. The van der Waals surface area contributed by atoms with Gasteiger partial charge in [-0.25, -0.2) is 19.0 Å². The fourth-order valence-electron chi connectivity index (χ4n) is 4.27. The first kappa shape index (κ1) is 27.8. The molecule has 0 bridgehead atoms. The monoisotopic (exact) mass is 540 g/mol. The number of amides is 1. The molecule has 38 heavy (non-hydrogen) atoms. The zero-order valence-electron chi connectivity index (χ0n) is 21.0. The number of halogens is 1. The van der Waals surface area contributed by atoms with Gasteiger partial charge in [-0.05, 0) is 48.6 Å². The van der Waals surface area contributed by atoms with Gasteiger partial charge in [0.1, 0.15) is 11.4 Å². The van der Waals surface area contributed by atoms with Gasteiger partial charge in [-0.2, -0.15) is 10.2 Å². The van der Waals surface area contributed by atoms with Crippen LogP contribution in [0.1, 0.15) is 48.0 Å². The largest absolute Gasteiger partial charge is 1.00 e. The van der Waals surface area contributed by atoms with Crippen molar-refractivity contribution in [3.8, 4) is 5.88 Å². The smallest absolute Gasteiger partial charge is 0.859 e. The average molecular weight is 541 g/mol. The van der Waals surface area contributed by atoms with Gasteiger partial charge in [0.05, 0.1) is 12.4 Å². The predicted molar refractivity (Wildman–Crippen MR) is 139 cm³/mol. The van der Waals surface area contributed by atoms with Crippen molar-refractivity contribution in [2.45, 2.75) is 44.7 Å². The number of benzene rings is 1. The van der Waals surface area contributed by atoms with Crippen molar-refractivity contribution in [1.82, 2.24) is 34.5 Å². The number of hydrogen-bond donors (Lipinski definition) is 2. The van der Waals surface area contributed by atoms with E-state index < -0.39 is 0 Å². The summed E-state index contributed by atoms with van der Waals surface area (Å²) in [4.78, 5) is 20.9. The van der Waals surface area contributed by atoms with Crippen LogP contribution in [0.2, 0.25) is 5.02 Å². The van der Waals surface area contributed by atoms with Gasteiger partial charge in [0.15, 0.2) is 11.3 Å². The first-order valence-corrected chi connectivity index (χ1v) is 12.5. The maximum atomic E-state index is 12.7. The molecule has 5 aromatic rings. The fraction of sp³-hybridized carbons (Fsp3) is 0.269. The third-order valence-corrected chi connectivity index (χ3v) is 6.38. The molecule has 190 valence electrons. The molecule has 6 rings (SSSR count). The molecule has 1 aliphatic carbocycles. The summed E-state index contributed by atoms with van der Waals surface area (Å²) in [6.45, 7) is 0.599. The van der Waals surface area contributed by atoms with E-state index in [4.69, 9.17) is 11.6 Å². The van der Waals surface area contributed by atoms with Gasteiger partial charge in [-0.3, -0.25) is 4.79 Å². The summed E-state index contributed by atoms with van der Waals surface area (Å²) in [6.07, 6.45) is 12.3. The molecule has 12 heteroatoms. The second-order valence-corrected chi connectivity index (χ2v) is 9.27. The molecule has 10 nitrogen and oxygen atoms in total. The van der Waals surface area contributed by atoms with Crippen molar-refractivity contribution < 1.29 is 39.5 Å². The number of rotatable bonds is 5. The molecule has 0 aliphatic heterocycles. The topological polar surface area (TPSA) is 125 Å². The van der Waals surface area contributed by atoms with Crippen molar-refractivity contribution in [3.05, 3.63) is 83.4 Å². The molecule has 4 aromatic heterocycles. The molecule has 0 atom stereocenters. The Bertz CT molecular complexity index is 1520. The van der Waals surface area contributed by atoms with E-state index >= 15 is 0 Å². The second kappa shape index (κ2) is 13.1. The summed E-state index contributed by atoms with van der Waals surface area (Å²) in [6, 6.07) is 12.8. The molecular weight excluding hydrogens is 515 g/mol. The Kier molecular flexibility index (Phi) is 9.57. The Balaban J connectivity index is 0.000000256. The van der Waals surface area contributed by atoms with E-state index in [9.17, 15) is 9.90 Å². The van der Waals surface area contributed by atoms with Crippen LogP contribution in [0.3, 0.4) is 0 Å². The second-order valence-electron chi connectivity index (χ2n) is 8.83. The molecule has 1 fully saturated rings. The van der Waals surface area contributed by atoms with Crippen LogP contribution >= 0.6 is 11.6 Å². The van der Waals surface area contributed by atoms with Crippen molar-refractivity contribution >= 4 is 34.6 Å². The van der Waals surface area contributed by atoms with E-state index in [1.165, 1.54) is 25.3 Å². The molecule has 0 radical (unpaired) electrons. The quantitative estimate of drug-likeness (QED) is 0.317. The van der Waals surface area contributed by atoms with E-state index in [1.807, 2.05) is 30.3 Å². The van der Waals surface area contributed by atoms with Crippen LogP contribution in [0.4, 0.5) is 5.82 Å². The fourth-order valence-corrected chi connectivity index (χ4v) is 4.49. The van der Waals surface area contributed by atoms with Gasteiger partial charge in [0.25, 0.3) is 5.91 Å². The number of carbonyl (C=O) groups is 1. The summed E-state index contributed by atoms with van der Waals surface area (Å²) in [5.74, 6) is 0.360. The summed E-state index contributed by atoms with van der Waals surface area (Å²) in [5.41, 5.74) is 2.71. The summed E-state index contributed by atoms with van der Waals surface area (Å²) in [7, 11) is 0. The van der Waals surface area contributed by atoms with Gasteiger partial charge in [0, 0.05) is 36.1 Å². The number of aromatic nitrogens is 6. The predicted octanol–water partition coefficient (Wildman–Crippen LogP) is 0.864. The minimum absolute atomic E-state index is 0. The van der Waals surface area contributed by atoms with Crippen molar-refractivity contribution in [2.75, 3.05) is 5.32 Å². The number of nitrogens with one attached hydrogen (secondary N) is 2. The number of carbonyl (C=O) groups excluding carboxylic acids is 1. The van der Waals surface area contributed by atoms with Gasteiger partial charge < -0.3 is 15.7 Å². The number of nitrogens with zero attached hydrogens (tertiary/aromatic N) is 6. The molecule has 0 saturated heterocycles. The minimum atomic E-state index is -0.229. The molecular formula is C26H26ClN8NaO2. The average Bonchev–Trinajstić information content (AvgIpc) is 3.55. The Hall–Kier alpha value is -3.18. The maximum absolute atomic E-state index is 12.7. The maximum Gasteiger partial charge on any atom is 1.00 e. The Morgan fingerprint density at radius 2 is 1.84 bits per heavy atom. The molecule has 2 N–H and O–H groups in total. The van der Waals surface area contributed by atoms with Crippen LogP contribution in [0, 0.1) is 0 Å². The van der Waals surface area contributed by atoms with E-state index in [-0.39, 0.29) is 47.4 Å². The van der Waals surface area contributed by atoms with E-state index in [2.05, 4.69) is 30.8 Å². The third kappa shape index (κ3) is 7.02. The van der Waals surface area contributed by atoms with Gasteiger partial charge in [-0.15, -0.1) is 0 Å². The first-order valence-electron chi connectivity index (χ1n) is 12.2. The normalized spacial score (nSPS) is 13.4. The Morgan fingerprint density at radius 1 is 1.03 bits per heavy atom. The summed E-state index contributed by atoms with van der Waals surface area (Å²) < 4.78 is 3.17. The summed E-state index contributed by atoms with van der Waals surface area (Å²) in [5, 5.41) is 25.9. The van der Waals surface area contributed by atoms with Gasteiger partial charge in [-0.1, -0.05) is 43.0 Å². The van der Waals surface area contributed by atoms with Gasteiger partial charge >= 0.3 is 29.6 Å². The van der Waals surface area contributed by atoms with E-state index in [0.29, 0.717) is 34.2 Å². The Morgan fingerprint density at radius 3 is 2.66 bits per heavy atom. The first-order chi connectivity index (χ1) is 18.0. The van der Waals surface area contributed by atoms with Crippen molar-refractivity contribution in [2.24, 2.45) is 0 Å². The van der Waals surface area contributed by atoms with Crippen LogP contribution in [0.5, 0.6) is 5.88 Å². The SMILES string of the molecule is O=C(NC1CCCCC1)c1cnn2ccc(NCc3cccc(Cl)c3)nc12.[Na+].[O-]c1ccn2nccc2n1. The van der Waals surface area contributed by atoms with E-state index in [0.717, 1.165) is 18.4 Å². The standard InChI is InChI=1S/C20H22ClN5O.C6H5N3O.Na/c21-15-6-4-5-14(11-15)12-22-18-9-10-26-19(25-18)17(13-23-26)20(27)24-16-7-2-1-3-8-16;10-6-2-4-9-5(8-6)1-3-7-9;/h4-6,9-11,13,16H,1-3,7-8,12H2,(H,22,25)(H,24,27);1-4H,(H,8,10);/q;;+1/p-1. The van der Waals surface area contributed by atoms with Crippen LogP contribution in [-0.2, 0) is 6.54 Å². The van der Waals surface area contributed by atoms with Crippen LogP contribution in [0.25, 0.3) is 11.3 Å². The minimum Gasteiger partial charge on any atom is -0.859 e.